The van der Waals surface area contributed by atoms with E-state index >= 15 is 0 Å². The molecule has 1 aliphatic carbocycles. The summed E-state index contributed by atoms with van der Waals surface area (Å²) in [6, 6.07) is 10.5. The minimum Gasteiger partial charge on any atom is -0.508 e. The Morgan fingerprint density at radius 2 is 1.65 bits per heavy atom. The van der Waals surface area contributed by atoms with Crippen LogP contribution in [0.5, 0.6) is 11.5 Å². The Bertz CT molecular complexity index is 689. The Morgan fingerprint density at radius 1 is 0.900 bits per heavy atom. The van der Waals surface area contributed by atoms with Crippen LogP contribution in [0.15, 0.2) is 36.4 Å². The lowest BCUT2D eigenvalue weighted by molar-refractivity contribution is 0.474. The quantitative estimate of drug-likeness (QED) is 0.802. The summed E-state index contributed by atoms with van der Waals surface area (Å²) in [5.74, 6) is 0.488. The molecule has 3 rings (SSSR count). The highest BCUT2D eigenvalue weighted by Crippen LogP contribution is 2.35. The van der Waals surface area contributed by atoms with Crippen molar-refractivity contribution in [2.24, 2.45) is 0 Å². The zero-order chi connectivity index (χ0) is 14.1. The lowest BCUT2D eigenvalue weighted by Crippen LogP contribution is -1.86. The summed E-state index contributed by atoms with van der Waals surface area (Å²) in [5, 5.41) is 19.6. The second kappa shape index (κ2) is 5.22. The van der Waals surface area contributed by atoms with Gasteiger partial charge in [0.25, 0.3) is 0 Å². The van der Waals surface area contributed by atoms with Gasteiger partial charge in [-0.3, -0.25) is 0 Å². The van der Waals surface area contributed by atoms with E-state index in [9.17, 15) is 10.2 Å². The summed E-state index contributed by atoms with van der Waals surface area (Å²) in [6.45, 7) is 0. The number of phenolic OH excluding ortho intramolecular Hbond substituents is 2. The van der Waals surface area contributed by atoms with Crippen molar-refractivity contribution >= 4 is 23.3 Å². The molecule has 1 aliphatic rings. The molecule has 0 aromatic heterocycles. The van der Waals surface area contributed by atoms with Gasteiger partial charge in [0, 0.05) is 0 Å². The Hall–Kier alpha value is -1.93. The molecule has 0 amide bonds. The van der Waals surface area contributed by atoms with Crippen molar-refractivity contribution in [3.8, 4) is 11.5 Å². The van der Waals surface area contributed by atoms with Gasteiger partial charge in [0.2, 0.25) is 0 Å². The van der Waals surface area contributed by atoms with Gasteiger partial charge >= 0.3 is 0 Å². The van der Waals surface area contributed by atoms with Crippen LogP contribution in [0.1, 0.15) is 29.5 Å². The number of hydrogen-bond acceptors (Lipinski definition) is 2. The Kier molecular flexibility index (Phi) is 3.41. The van der Waals surface area contributed by atoms with Crippen molar-refractivity contribution in [1.82, 2.24) is 0 Å². The first kappa shape index (κ1) is 13.1. The molecule has 2 aromatic carbocycles. The van der Waals surface area contributed by atoms with Crippen molar-refractivity contribution in [2.45, 2.75) is 19.3 Å². The van der Waals surface area contributed by atoms with Gasteiger partial charge in [0.1, 0.15) is 11.5 Å². The normalized spacial score (nSPS) is 14.3. The number of rotatable bonds is 1. The Labute approximate surface area is 123 Å². The first-order valence-electron chi connectivity index (χ1n) is 6.65. The summed E-state index contributed by atoms with van der Waals surface area (Å²) in [7, 11) is 0. The number of hydrogen-bond donors (Lipinski definition) is 2. The van der Waals surface area contributed by atoms with E-state index in [1.165, 1.54) is 5.57 Å². The van der Waals surface area contributed by atoms with Gasteiger partial charge in [-0.2, -0.15) is 0 Å². The fourth-order valence-corrected chi connectivity index (χ4v) is 2.95. The topological polar surface area (TPSA) is 40.5 Å². The fraction of sp³-hybridized carbons (Fsp3) is 0.176. The molecule has 3 heteroatoms. The number of benzene rings is 2. The van der Waals surface area contributed by atoms with Crippen LogP contribution in [-0.4, -0.2) is 10.2 Å². The molecule has 0 unspecified atom stereocenters. The standard InChI is InChI=1S/C17H15ClO2/c18-17-10-15(20)6-7-16(17)13-3-1-2-11-9-14(19)5-4-12(11)8-13/h4-10,19-20H,1-3H2. The number of aromatic hydroxyl groups is 2. The van der Waals surface area contributed by atoms with Crippen LogP contribution >= 0.6 is 11.6 Å². The van der Waals surface area contributed by atoms with Gasteiger partial charge in [0.15, 0.2) is 0 Å². The molecule has 0 bridgehead atoms. The van der Waals surface area contributed by atoms with Crippen LogP contribution in [0.3, 0.4) is 0 Å². The highest BCUT2D eigenvalue weighted by molar-refractivity contribution is 6.32. The molecule has 2 nitrogen and oxygen atoms in total. The zero-order valence-electron chi connectivity index (χ0n) is 10.9. The van der Waals surface area contributed by atoms with Crippen LogP contribution in [-0.2, 0) is 6.42 Å². The molecule has 0 radical (unpaired) electrons. The van der Waals surface area contributed by atoms with Crippen molar-refractivity contribution in [3.63, 3.8) is 0 Å². The Balaban J connectivity index is 2.07. The predicted octanol–water partition coefficient (Wildman–Crippen LogP) is 4.63. The summed E-state index contributed by atoms with van der Waals surface area (Å²) in [4.78, 5) is 0. The van der Waals surface area contributed by atoms with Gasteiger partial charge in [0.05, 0.1) is 5.02 Å². The molecule has 20 heavy (non-hydrogen) atoms. The smallest absolute Gasteiger partial charge is 0.117 e. The largest absolute Gasteiger partial charge is 0.508 e. The minimum atomic E-state index is 0.179. The van der Waals surface area contributed by atoms with Crippen LogP contribution in [0, 0.1) is 0 Å². The first-order valence-corrected chi connectivity index (χ1v) is 7.02. The van der Waals surface area contributed by atoms with E-state index in [-0.39, 0.29) is 5.75 Å². The van der Waals surface area contributed by atoms with Crippen LogP contribution < -0.4 is 0 Å². The van der Waals surface area contributed by atoms with Crippen molar-refractivity contribution in [1.29, 1.82) is 0 Å². The van der Waals surface area contributed by atoms with Crippen molar-refractivity contribution < 1.29 is 10.2 Å². The lowest BCUT2D eigenvalue weighted by atomic mass is 10.0. The molecule has 102 valence electrons. The Morgan fingerprint density at radius 3 is 2.45 bits per heavy atom. The highest BCUT2D eigenvalue weighted by Gasteiger charge is 2.13. The van der Waals surface area contributed by atoms with Crippen molar-refractivity contribution in [3.05, 3.63) is 58.1 Å². The molecule has 2 aromatic rings. The minimum absolute atomic E-state index is 0.179. The van der Waals surface area contributed by atoms with Gasteiger partial charge in [-0.15, -0.1) is 0 Å². The van der Waals surface area contributed by atoms with Gasteiger partial charge in [-0.25, -0.2) is 0 Å². The highest BCUT2D eigenvalue weighted by atomic mass is 35.5. The van der Waals surface area contributed by atoms with E-state index in [0.29, 0.717) is 10.8 Å². The maximum absolute atomic E-state index is 9.57. The van der Waals surface area contributed by atoms with Gasteiger partial charge < -0.3 is 10.2 Å². The second-order valence-electron chi connectivity index (χ2n) is 5.07. The lowest BCUT2D eigenvalue weighted by Gasteiger charge is -2.08. The zero-order valence-corrected chi connectivity index (χ0v) is 11.7. The summed E-state index contributed by atoms with van der Waals surface area (Å²) in [5.41, 5.74) is 4.42. The van der Waals surface area contributed by atoms with E-state index in [2.05, 4.69) is 6.08 Å². The van der Waals surface area contributed by atoms with E-state index in [1.54, 1.807) is 18.2 Å². The number of allylic oxidation sites excluding steroid dienone is 1. The predicted molar refractivity (Wildman–Crippen MR) is 82.0 cm³/mol. The van der Waals surface area contributed by atoms with E-state index < -0.39 is 0 Å². The van der Waals surface area contributed by atoms with Crippen LogP contribution in [0.4, 0.5) is 0 Å². The number of halogens is 1. The molecule has 0 atom stereocenters. The maximum atomic E-state index is 9.57. The van der Waals surface area contributed by atoms with Gasteiger partial charge in [-0.05, 0) is 71.9 Å². The van der Waals surface area contributed by atoms with Crippen LogP contribution in [0.2, 0.25) is 5.02 Å². The van der Waals surface area contributed by atoms with Gasteiger partial charge in [-0.1, -0.05) is 23.7 Å². The molecule has 0 saturated heterocycles. The molecule has 0 aliphatic heterocycles. The molecular formula is C17H15ClO2. The van der Waals surface area contributed by atoms with E-state index in [4.69, 9.17) is 11.6 Å². The van der Waals surface area contributed by atoms with E-state index in [0.717, 1.165) is 36.0 Å². The average Bonchev–Trinajstić information content (AvgIpc) is 2.60. The molecule has 0 heterocycles. The molecular weight excluding hydrogens is 272 g/mol. The third-order valence-electron chi connectivity index (χ3n) is 3.65. The number of fused-ring (bicyclic) bond motifs is 1. The molecule has 0 spiro atoms. The molecule has 0 saturated carbocycles. The van der Waals surface area contributed by atoms with Crippen LogP contribution in [0.25, 0.3) is 11.6 Å². The summed E-state index contributed by atoms with van der Waals surface area (Å²) in [6.07, 6.45) is 5.01. The third kappa shape index (κ3) is 2.52. The van der Waals surface area contributed by atoms with Crippen molar-refractivity contribution in [2.75, 3.05) is 0 Å². The average molecular weight is 287 g/mol. The molecule has 0 fully saturated rings. The fourth-order valence-electron chi connectivity index (χ4n) is 2.66. The third-order valence-corrected chi connectivity index (χ3v) is 3.96. The summed E-state index contributed by atoms with van der Waals surface area (Å²) < 4.78 is 0. The second-order valence-corrected chi connectivity index (χ2v) is 5.48. The monoisotopic (exact) mass is 286 g/mol. The SMILES string of the molecule is Oc1ccc(C2=Cc3ccc(O)cc3CCC2)c(Cl)c1. The summed E-state index contributed by atoms with van der Waals surface area (Å²) >= 11 is 6.23. The number of phenols is 2. The first-order chi connectivity index (χ1) is 9.63. The number of aryl methyl sites for hydroxylation is 1. The van der Waals surface area contributed by atoms with E-state index in [1.807, 2.05) is 18.2 Å². The molecule has 2 N–H and O–H groups in total. The maximum Gasteiger partial charge on any atom is 0.117 e.